The molecule has 1 N–H and O–H groups in total. The van der Waals surface area contributed by atoms with Gasteiger partial charge in [-0.1, -0.05) is 0 Å². The zero-order chi connectivity index (χ0) is 19.4. The summed E-state index contributed by atoms with van der Waals surface area (Å²) in [5.74, 6) is -4.13. The summed E-state index contributed by atoms with van der Waals surface area (Å²) >= 11 is 0. The van der Waals surface area contributed by atoms with E-state index in [1.54, 1.807) is 13.8 Å². The maximum absolute atomic E-state index is 13.6. The number of H-pyrrole nitrogens is 1. The van der Waals surface area contributed by atoms with Crippen molar-refractivity contribution in [1.82, 2.24) is 4.98 Å². The summed E-state index contributed by atoms with van der Waals surface area (Å²) in [7, 11) is 0. The van der Waals surface area contributed by atoms with Crippen LogP contribution in [0.15, 0.2) is 18.2 Å². The molecule has 138 valence electrons. The summed E-state index contributed by atoms with van der Waals surface area (Å²) in [6.07, 6.45) is 0. The van der Waals surface area contributed by atoms with Crippen LogP contribution in [0.5, 0.6) is 0 Å². The van der Waals surface area contributed by atoms with Gasteiger partial charge in [0.1, 0.15) is 17.3 Å². The molecule has 2 rings (SSSR count). The van der Waals surface area contributed by atoms with Gasteiger partial charge in [0.2, 0.25) is 5.78 Å². The van der Waals surface area contributed by atoms with Crippen molar-refractivity contribution in [3.63, 3.8) is 0 Å². The number of ether oxygens (including phenoxy) is 2. The maximum atomic E-state index is 13.6. The lowest BCUT2D eigenvalue weighted by atomic mass is 10.1. The molecule has 6 nitrogen and oxygen atoms in total. The van der Waals surface area contributed by atoms with E-state index in [0.29, 0.717) is 17.3 Å². The average Bonchev–Trinajstić information content (AvgIpc) is 2.87. The van der Waals surface area contributed by atoms with Crippen LogP contribution in [0.1, 0.15) is 49.4 Å². The molecule has 0 amide bonds. The first kappa shape index (κ1) is 19.3. The number of hydrogen-bond acceptors (Lipinski definition) is 5. The molecule has 26 heavy (non-hydrogen) atoms. The molecule has 0 aliphatic carbocycles. The lowest BCUT2D eigenvalue weighted by Crippen LogP contribution is -2.16. The van der Waals surface area contributed by atoms with Crippen molar-refractivity contribution < 1.29 is 32.6 Å². The van der Waals surface area contributed by atoms with Crippen LogP contribution in [0, 0.1) is 25.5 Å². The zero-order valence-corrected chi connectivity index (χ0v) is 14.4. The Hall–Kier alpha value is -3.03. The predicted octanol–water partition coefficient (Wildman–Crippen LogP) is 3.13. The van der Waals surface area contributed by atoms with E-state index >= 15 is 0 Å². The van der Waals surface area contributed by atoms with Gasteiger partial charge < -0.3 is 14.5 Å². The standard InChI is InChI=1S/C18H17F2NO5/c1-4-25-18(24)16-9(2)15(10(3)21-16)17(23)26-8-14(22)12-6-5-11(19)7-13(12)20/h5-7,21H,4,8H2,1-3H3. The fourth-order valence-corrected chi connectivity index (χ4v) is 2.46. The Morgan fingerprint density at radius 1 is 1.08 bits per heavy atom. The van der Waals surface area contributed by atoms with Gasteiger partial charge in [-0.05, 0) is 38.5 Å². The molecule has 0 saturated heterocycles. The van der Waals surface area contributed by atoms with E-state index < -0.39 is 36.0 Å². The Labute approximate surface area is 148 Å². The number of benzene rings is 1. The van der Waals surface area contributed by atoms with Crippen molar-refractivity contribution in [2.75, 3.05) is 13.2 Å². The Morgan fingerprint density at radius 2 is 1.77 bits per heavy atom. The van der Waals surface area contributed by atoms with Crippen molar-refractivity contribution in [1.29, 1.82) is 0 Å². The fourth-order valence-electron chi connectivity index (χ4n) is 2.46. The van der Waals surface area contributed by atoms with E-state index in [1.807, 2.05) is 0 Å². The largest absolute Gasteiger partial charge is 0.461 e. The summed E-state index contributed by atoms with van der Waals surface area (Å²) in [5.41, 5.74) is 0.531. The highest BCUT2D eigenvalue weighted by atomic mass is 19.1. The van der Waals surface area contributed by atoms with Crippen molar-refractivity contribution in [2.24, 2.45) is 0 Å². The summed E-state index contributed by atoms with van der Waals surface area (Å²) in [5, 5.41) is 0. The van der Waals surface area contributed by atoms with Crippen LogP contribution in [-0.2, 0) is 9.47 Å². The number of carbonyl (C=O) groups is 3. The van der Waals surface area contributed by atoms with Gasteiger partial charge in [-0.15, -0.1) is 0 Å². The number of ketones is 1. The van der Waals surface area contributed by atoms with Crippen LogP contribution in [-0.4, -0.2) is 35.9 Å². The van der Waals surface area contributed by atoms with Gasteiger partial charge in [0.25, 0.3) is 0 Å². The number of carbonyl (C=O) groups excluding carboxylic acids is 3. The Kier molecular flexibility index (Phi) is 5.86. The molecule has 1 heterocycles. The third kappa shape index (κ3) is 3.96. The second-order valence-electron chi connectivity index (χ2n) is 5.47. The summed E-state index contributed by atoms with van der Waals surface area (Å²) in [6.45, 7) is 4.20. The molecule has 0 aliphatic rings. The number of rotatable bonds is 6. The van der Waals surface area contributed by atoms with Gasteiger partial charge in [0, 0.05) is 11.8 Å². The molecule has 0 saturated carbocycles. The number of aromatic nitrogens is 1. The minimum absolute atomic E-state index is 0.0976. The van der Waals surface area contributed by atoms with Crippen molar-refractivity contribution in [3.8, 4) is 0 Å². The van der Waals surface area contributed by atoms with Crippen LogP contribution in [0.3, 0.4) is 0 Å². The topological polar surface area (TPSA) is 85.5 Å². The lowest BCUT2D eigenvalue weighted by Gasteiger charge is -2.06. The Bertz CT molecular complexity index is 873. The van der Waals surface area contributed by atoms with Crippen molar-refractivity contribution in [3.05, 3.63) is 57.9 Å². The number of aryl methyl sites for hydroxylation is 1. The van der Waals surface area contributed by atoms with Gasteiger partial charge >= 0.3 is 11.9 Å². The number of Topliss-reactive ketones (excluding diaryl/α,β-unsaturated/α-hetero) is 1. The van der Waals surface area contributed by atoms with Crippen LogP contribution in [0.4, 0.5) is 8.78 Å². The van der Waals surface area contributed by atoms with Gasteiger partial charge in [-0.2, -0.15) is 0 Å². The number of nitrogens with one attached hydrogen (secondary N) is 1. The summed E-state index contributed by atoms with van der Waals surface area (Å²) < 4.78 is 36.3. The van der Waals surface area contributed by atoms with E-state index in [4.69, 9.17) is 9.47 Å². The van der Waals surface area contributed by atoms with Gasteiger partial charge in [-0.3, -0.25) is 4.79 Å². The second-order valence-corrected chi connectivity index (χ2v) is 5.47. The highest BCUT2D eigenvalue weighted by Crippen LogP contribution is 2.20. The van der Waals surface area contributed by atoms with E-state index in [-0.39, 0.29) is 23.4 Å². The molecule has 8 heteroatoms. The SMILES string of the molecule is CCOC(=O)c1[nH]c(C)c(C(=O)OCC(=O)c2ccc(F)cc2F)c1C. The Balaban J connectivity index is 2.13. The van der Waals surface area contributed by atoms with Crippen LogP contribution in [0.25, 0.3) is 0 Å². The molecule has 0 radical (unpaired) electrons. The van der Waals surface area contributed by atoms with Crippen LogP contribution < -0.4 is 0 Å². The van der Waals surface area contributed by atoms with Crippen molar-refractivity contribution >= 4 is 17.7 Å². The van der Waals surface area contributed by atoms with Crippen LogP contribution in [0.2, 0.25) is 0 Å². The van der Waals surface area contributed by atoms with Gasteiger partial charge in [0.05, 0.1) is 17.7 Å². The molecule has 0 aliphatic heterocycles. The molecule has 1 aromatic heterocycles. The van der Waals surface area contributed by atoms with E-state index in [0.717, 1.165) is 12.1 Å². The molecular weight excluding hydrogens is 348 g/mol. The maximum Gasteiger partial charge on any atom is 0.355 e. The molecule has 0 spiro atoms. The first-order valence-corrected chi connectivity index (χ1v) is 7.77. The average molecular weight is 365 g/mol. The minimum atomic E-state index is -1.04. The third-order valence-electron chi connectivity index (χ3n) is 3.69. The van der Waals surface area contributed by atoms with Crippen LogP contribution >= 0.6 is 0 Å². The number of esters is 2. The third-order valence-corrected chi connectivity index (χ3v) is 3.69. The molecule has 0 unspecified atom stereocenters. The summed E-state index contributed by atoms with van der Waals surface area (Å²) in [4.78, 5) is 38.8. The normalized spacial score (nSPS) is 10.5. The number of aromatic amines is 1. The zero-order valence-electron chi connectivity index (χ0n) is 14.4. The minimum Gasteiger partial charge on any atom is -0.461 e. The van der Waals surface area contributed by atoms with Crippen molar-refractivity contribution in [2.45, 2.75) is 20.8 Å². The first-order chi connectivity index (χ1) is 12.3. The highest BCUT2D eigenvalue weighted by molar-refractivity contribution is 6.01. The summed E-state index contributed by atoms with van der Waals surface area (Å²) in [6, 6.07) is 2.48. The molecule has 2 aromatic rings. The predicted molar refractivity (Wildman–Crippen MR) is 87.2 cm³/mol. The van der Waals surface area contributed by atoms with Gasteiger partial charge in [-0.25, -0.2) is 18.4 Å². The van der Waals surface area contributed by atoms with Gasteiger partial charge in [0.15, 0.2) is 6.61 Å². The smallest absolute Gasteiger partial charge is 0.355 e. The molecule has 0 atom stereocenters. The molecule has 0 bridgehead atoms. The molecule has 0 fully saturated rings. The Morgan fingerprint density at radius 3 is 2.38 bits per heavy atom. The number of hydrogen-bond donors (Lipinski definition) is 1. The molecular formula is C18H17F2NO5. The monoisotopic (exact) mass is 365 g/mol. The first-order valence-electron chi connectivity index (χ1n) is 7.77. The quantitative estimate of drug-likeness (QED) is 0.628. The lowest BCUT2D eigenvalue weighted by molar-refractivity contribution is 0.0472. The van der Waals surface area contributed by atoms with E-state index in [9.17, 15) is 23.2 Å². The molecule has 1 aromatic carbocycles. The van der Waals surface area contributed by atoms with E-state index in [1.165, 1.54) is 6.92 Å². The second kappa shape index (κ2) is 7.90. The number of halogens is 2. The highest BCUT2D eigenvalue weighted by Gasteiger charge is 2.24. The fraction of sp³-hybridized carbons (Fsp3) is 0.278. The van der Waals surface area contributed by atoms with E-state index in [2.05, 4.69) is 4.98 Å².